The molecule has 2 rings (SSSR count). The number of nitro benzene ring substituents is 1. The summed E-state index contributed by atoms with van der Waals surface area (Å²) in [6.45, 7) is 2.32. The van der Waals surface area contributed by atoms with Crippen LogP contribution in [0.4, 0.5) is 10.5 Å². The molecule has 0 aliphatic carbocycles. The van der Waals surface area contributed by atoms with Gasteiger partial charge in [0.1, 0.15) is 18.5 Å². The molecule has 1 aromatic carbocycles. The number of nitro groups is 1. The maximum atomic E-state index is 11.5. The molecule has 0 bridgehead atoms. The molecular formula is C13H15NO7. The molecule has 0 radical (unpaired) electrons. The third-order valence-electron chi connectivity index (χ3n) is 2.78. The molecule has 0 spiro atoms. The van der Waals surface area contributed by atoms with E-state index >= 15 is 0 Å². The number of hydrogen-bond donors (Lipinski definition) is 0. The summed E-state index contributed by atoms with van der Waals surface area (Å²) in [5.41, 5.74) is -0.0853. The predicted molar refractivity (Wildman–Crippen MR) is 70.0 cm³/mol. The van der Waals surface area contributed by atoms with Crippen molar-refractivity contribution < 1.29 is 28.7 Å². The number of rotatable bonds is 5. The fraction of sp³-hybridized carbons (Fsp3) is 0.462. The Balaban J connectivity index is 1.75. The lowest BCUT2D eigenvalue weighted by molar-refractivity contribution is -0.384. The van der Waals surface area contributed by atoms with Gasteiger partial charge >= 0.3 is 6.16 Å². The number of nitrogens with zero attached hydrogens (tertiary/aromatic N) is 1. The van der Waals surface area contributed by atoms with Crippen molar-refractivity contribution in [2.24, 2.45) is 0 Å². The fourth-order valence-corrected chi connectivity index (χ4v) is 1.73. The largest absolute Gasteiger partial charge is 0.513 e. The first kappa shape index (κ1) is 15.2. The maximum absolute atomic E-state index is 11.5. The summed E-state index contributed by atoms with van der Waals surface area (Å²) < 4.78 is 20.5. The van der Waals surface area contributed by atoms with Gasteiger partial charge < -0.3 is 18.9 Å². The molecule has 0 amide bonds. The molecule has 1 heterocycles. The monoisotopic (exact) mass is 297 g/mol. The van der Waals surface area contributed by atoms with Crippen molar-refractivity contribution in [2.75, 3.05) is 13.2 Å². The quantitative estimate of drug-likeness (QED) is 0.356. The zero-order chi connectivity index (χ0) is 15.2. The van der Waals surface area contributed by atoms with Gasteiger partial charge in [-0.3, -0.25) is 10.1 Å². The Bertz CT molecular complexity index is 502. The van der Waals surface area contributed by atoms with Crippen molar-refractivity contribution >= 4 is 11.8 Å². The van der Waals surface area contributed by atoms with E-state index in [2.05, 4.69) is 0 Å². The van der Waals surface area contributed by atoms with E-state index in [-0.39, 0.29) is 30.4 Å². The highest BCUT2D eigenvalue weighted by molar-refractivity contribution is 5.64. The highest BCUT2D eigenvalue weighted by atomic mass is 16.8. The summed E-state index contributed by atoms with van der Waals surface area (Å²) in [6.07, 6.45) is -0.736. The van der Waals surface area contributed by atoms with E-state index in [1.165, 1.54) is 24.3 Å². The van der Waals surface area contributed by atoms with Gasteiger partial charge in [0.2, 0.25) is 0 Å². The SMILES string of the molecule is CCC1OCC(COC(=O)Oc2ccc([N+](=O)[O-])cc2)O1. The molecule has 1 aliphatic heterocycles. The van der Waals surface area contributed by atoms with E-state index in [1.54, 1.807) is 0 Å². The molecule has 2 atom stereocenters. The number of ether oxygens (including phenoxy) is 4. The minimum Gasteiger partial charge on any atom is -0.431 e. The van der Waals surface area contributed by atoms with Crippen molar-refractivity contribution in [3.8, 4) is 5.75 Å². The van der Waals surface area contributed by atoms with Crippen LogP contribution in [0.5, 0.6) is 5.75 Å². The third-order valence-corrected chi connectivity index (χ3v) is 2.78. The zero-order valence-corrected chi connectivity index (χ0v) is 11.4. The van der Waals surface area contributed by atoms with Gasteiger partial charge in [-0.05, 0) is 18.6 Å². The van der Waals surface area contributed by atoms with Crippen molar-refractivity contribution in [1.82, 2.24) is 0 Å². The normalized spacial score (nSPS) is 21.0. The highest BCUT2D eigenvalue weighted by Gasteiger charge is 2.26. The molecule has 2 unspecified atom stereocenters. The van der Waals surface area contributed by atoms with E-state index in [0.29, 0.717) is 6.61 Å². The average molecular weight is 297 g/mol. The van der Waals surface area contributed by atoms with E-state index in [4.69, 9.17) is 18.9 Å². The lowest BCUT2D eigenvalue weighted by Crippen LogP contribution is -2.23. The Morgan fingerprint density at radius 3 is 2.71 bits per heavy atom. The average Bonchev–Trinajstić information content (AvgIpc) is 2.94. The molecule has 0 aromatic heterocycles. The van der Waals surface area contributed by atoms with Gasteiger partial charge in [0.25, 0.3) is 5.69 Å². The minimum absolute atomic E-state index is 0.0301. The van der Waals surface area contributed by atoms with Crippen molar-refractivity contribution in [3.05, 3.63) is 34.4 Å². The number of non-ortho nitro benzene ring substituents is 1. The van der Waals surface area contributed by atoms with E-state index in [9.17, 15) is 14.9 Å². The molecule has 1 aliphatic rings. The van der Waals surface area contributed by atoms with Crippen molar-refractivity contribution in [1.29, 1.82) is 0 Å². The van der Waals surface area contributed by atoms with Crippen molar-refractivity contribution in [2.45, 2.75) is 25.7 Å². The van der Waals surface area contributed by atoms with Gasteiger partial charge in [-0.25, -0.2) is 4.79 Å². The van der Waals surface area contributed by atoms with E-state index in [0.717, 1.165) is 6.42 Å². The second-order valence-electron chi connectivity index (χ2n) is 4.34. The molecular weight excluding hydrogens is 282 g/mol. The highest BCUT2D eigenvalue weighted by Crippen LogP contribution is 2.18. The molecule has 114 valence electrons. The topological polar surface area (TPSA) is 97.1 Å². The van der Waals surface area contributed by atoms with Crippen LogP contribution in [0.15, 0.2) is 24.3 Å². The number of carbonyl (C=O) groups excluding carboxylic acids is 1. The lowest BCUT2D eigenvalue weighted by Gasteiger charge is -2.10. The number of hydrogen-bond acceptors (Lipinski definition) is 7. The van der Waals surface area contributed by atoms with Gasteiger partial charge in [-0.2, -0.15) is 0 Å². The molecule has 21 heavy (non-hydrogen) atoms. The molecule has 1 saturated heterocycles. The maximum Gasteiger partial charge on any atom is 0.513 e. The van der Waals surface area contributed by atoms with Gasteiger partial charge in [0.05, 0.1) is 11.5 Å². The smallest absolute Gasteiger partial charge is 0.431 e. The first-order chi connectivity index (χ1) is 10.1. The van der Waals surface area contributed by atoms with Crippen LogP contribution in [0.25, 0.3) is 0 Å². The van der Waals surface area contributed by atoms with Crippen LogP contribution in [-0.2, 0) is 14.2 Å². The van der Waals surface area contributed by atoms with Gasteiger partial charge in [-0.15, -0.1) is 0 Å². The molecule has 8 nitrogen and oxygen atoms in total. The summed E-state index contributed by atoms with van der Waals surface area (Å²) in [4.78, 5) is 21.4. The Morgan fingerprint density at radius 1 is 1.43 bits per heavy atom. The van der Waals surface area contributed by atoms with Gasteiger partial charge in [-0.1, -0.05) is 6.92 Å². The Kier molecular flexibility index (Phi) is 5.07. The number of carbonyl (C=O) groups is 1. The van der Waals surface area contributed by atoms with Gasteiger partial charge in [0, 0.05) is 12.1 Å². The van der Waals surface area contributed by atoms with E-state index < -0.39 is 11.1 Å². The summed E-state index contributed by atoms with van der Waals surface area (Å²) in [5.74, 6) is 0.167. The summed E-state index contributed by atoms with van der Waals surface area (Å²) in [5, 5.41) is 10.5. The molecule has 1 fully saturated rings. The summed E-state index contributed by atoms with van der Waals surface area (Å²) in [7, 11) is 0. The summed E-state index contributed by atoms with van der Waals surface area (Å²) >= 11 is 0. The molecule has 0 saturated carbocycles. The van der Waals surface area contributed by atoms with Crippen LogP contribution < -0.4 is 4.74 Å². The molecule has 1 aromatic rings. The number of benzene rings is 1. The first-order valence-corrected chi connectivity index (χ1v) is 6.44. The van der Waals surface area contributed by atoms with Crippen LogP contribution in [-0.4, -0.2) is 36.7 Å². The standard InChI is InChI=1S/C13H15NO7/c1-2-12-18-7-11(20-12)8-19-13(15)21-10-5-3-9(4-6-10)14(16)17/h3-6,11-12H,2,7-8H2,1H3. The Morgan fingerprint density at radius 2 is 2.14 bits per heavy atom. The predicted octanol–water partition coefficient (Wildman–Crippen LogP) is 2.26. The van der Waals surface area contributed by atoms with E-state index in [1.807, 2.05) is 6.92 Å². The van der Waals surface area contributed by atoms with Crippen molar-refractivity contribution in [3.63, 3.8) is 0 Å². The van der Waals surface area contributed by atoms with Crippen LogP contribution in [0, 0.1) is 10.1 Å². The van der Waals surface area contributed by atoms with Crippen LogP contribution >= 0.6 is 0 Å². The fourth-order valence-electron chi connectivity index (χ4n) is 1.73. The molecule has 8 heteroatoms. The van der Waals surface area contributed by atoms with Crippen LogP contribution in [0.2, 0.25) is 0 Å². The molecule has 0 N–H and O–H groups in total. The third kappa shape index (κ3) is 4.40. The first-order valence-electron chi connectivity index (χ1n) is 6.44. The Hall–Kier alpha value is -2.19. The minimum atomic E-state index is -0.896. The van der Waals surface area contributed by atoms with Gasteiger partial charge in [0.15, 0.2) is 6.29 Å². The second-order valence-corrected chi connectivity index (χ2v) is 4.34. The van der Waals surface area contributed by atoms with Crippen LogP contribution in [0.1, 0.15) is 13.3 Å². The zero-order valence-electron chi connectivity index (χ0n) is 11.4. The Labute approximate surface area is 120 Å². The van der Waals surface area contributed by atoms with Crippen LogP contribution in [0.3, 0.4) is 0 Å². The lowest BCUT2D eigenvalue weighted by atomic mass is 10.3. The summed E-state index contributed by atoms with van der Waals surface area (Å²) in [6, 6.07) is 5.12. The second kappa shape index (κ2) is 7.00.